The van der Waals surface area contributed by atoms with Crippen LogP contribution in [0.5, 0.6) is 0 Å². The van der Waals surface area contributed by atoms with Gasteiger partial charge in [0.2, 0.25) is 0 Å². The van der Waals surface area contributed by atoms with Crippen LogP contribution in [-0.2, 0) is 0 Å². The quantitative estimate of drug-likeness (QED) is 0.595. The Kier molecular flexibility index (Phi) is 5.55. The summed E-state index contributed by atoms with van der Waals surface area (Å²) in [6.07, 6.45) is 3.19. The SMILES string of the molecule is C[C@H](N)[C@H](Nc1nc(Nc2ccc(F)cc2)c(C(N)=O)cc1F)C1CCC1. The maximum Gasteiger partial charge on any atom is 0.252 e. The molecule has 0 aliphatic heterocycles. The van der Waals surface area contributed by atoms with E-state index in [1.54, 1.807) is 0 Å². The van der Waals surface area contributed by atoms with Gasteiger partial charge < -0.3 is 22.1 Å². The Morgan fingerprint density at radius 3 is 2.41 bits per heavy atom. The molecule has 2 atom stereocenters. The summed E-state index contributed by atoms with van der Waals surface area (Å²) >= 11 is 0. The summed E-state index contributed by atoms with van der Waals surface area (Å²) < 4.78 is 27.6. The Hall–Kier alpha value is -2.74. The molecule has 1 aromatic carbocycles. The number of carbonyl (C=O) groups excluding carboxylic acids is 1. The summed E-state index contributed by atoms with van der Waals surface area (Å²) in [5.41, 5.74) is 11.8. The number of halogens is 2. The first-order valence-electron chi connectivity index (χ1n) is 8.90. The van der Waals surface area contributed by atoms with E-state index >= 15 is 0 Å². The fraction of sp³-hybridized carbons (Fsp3) is 0.368. The van der Waals surface area contributed by atoms with E-state index in [-0.39, 0.29) is 29.3 Å². The number of nitrogens with two attached hydrogens (primary N) is 2. The lowest BCUT2D eigenvalue weighted by Gasteiger charge is -2.37. The number of aromatic nitrogens is 1. The van der Waals surface area contributed by atoms with Crippen LogP contribution in [0.15, 0.2) is 30.3 Å². The molecule has 1 amide bonds. The molecule has 6 N–H and O–H groups in total. The second-order valence-electron chi connectivity index (χ2n) is 6.93. The van der Waals surface area contributed by atoms with E-state index in [4.69, 9.17) is 11.5 Å². The third-order valence-electron chi connectivity index (χ3n) is 4.88. The standard InChI is InChI=1S/C19H23F2N5O/c1-10(22)16(11-3-2-4-11)25-19-15(21)9-14(17(23)27)18(26-19)24-13-7-5-12(20)6-8-13/h5-11,16H,2-4,22H2,1H3,(H2,23,27)(H2,24,25,26)/t10-,16-/m0/s1. The van der Waals surface area contributed by atoms with E-state index in [0.717, 1.165) is 25.3 Å². The Morgan fingerprint density at radius 1 is 1.22 bits per heavy atom. The van der Waals surface area contributed by atoms with Gasteiger partial charge in [-0.3, -0.25) is 4.79 Å². The second kappa shape index (κ2) is 7.87. The summed E-state index contributed by atoms with van der Waals surface area (Å²) in [7, 11) is 0. The Balaban J connectivity index is 1.92. The summed E-state index contributed by atoms with van der Waals surface area (Å²) in [6.45, 7) is 1.86. The molecule has 1 aliphatic carbocycles. The number of hydrogen-bond acceptors (Lipinski definition) is 5. The summed E-state index contributed by atoms with van der Waals surface area (Å²) in [4.78, 5) is 15.9. The minimum Gasteiger partial charge on any atom is -0.365 e. The van der Waals surface area contributed by atoms with Crippen molar-refractivity contribution in [3.05, 3.63) is 47.5 Å². The third kappa shape index (κ3) is 4.33. The number of nitrogens with zero attached hydrogens (tertiary/aromatic N) is 1. The number of rotatable bonds is 7. The van der Waals surface area contributed by atoms with Crippen molar-refractivity contribution in [3.63, 3.8) is 0 Å². The average molecular weight is 375 g/mol. The predicted octanol–water partition coefficient (Wildman–Crippen LogP) is 3.13. The average Bonchev–Trinajstić information content (AvgIpc) is 2.56. The molecular formula is C19H23F2N5O. The van der Waals surface area contributed by atoms with Crippen molar-refractivity contribution in [3.8, 4) is 0 Å². The largest absolute Gasteiger partial charge is 0.365 e. The Labute approximate surface area is 156 Å². The van der Waals surface area contributed by atoms with Gasteiger partial charge in [-0.25, -0.2) is 13.8 Å². The number of benzene rings is 1. The number of nitrogens with one attached hydrogen (secondary N) is 2. The number of primary amides is 1. The fourth-order valence-corrected chi connectivity index (χ4v) is 3.18. The van der Waals surface area contributed by atoms with E-state index in [1.807, 2.05) is 6.92 Å². The van der Waals surface area contributed by atoms with Crippen LogP contribution in [-0.4, -0.2) is 23.0 Å². The predicted molar refractivity (Wildman–Crippen MR) is 101 cm³/mol. The molecule has 27 heavy (non-hydrogen) atoms. The fourth-order valence-electron chi connectivity index (χ4n) is 3.18. The number of carbonyl (C=O) groups is 1. The maximum atomic E-state index is 14.5. The van der Waals surface area contributed by atoms with Crippen molar-refractivity contribution >= 4 is 23.2 Å². The van der Waals surface area contributed by atoms with Gasteiger partial charge in [-0.05, 0) is 56.0 Å². The first kappa shape index (κ1) is 19.0. The molecule has 0 radical (unpaired) electrons. The normalized spacial score (nSPS) is 16.3. The van der Waals surface area contributed by atoms with Crippen LogP contribution in [0.4, 0.5) is 26.1 Å². The minimum atomic E-state index is -0.819. The summed E-state index contributed by atoms with van der Waals surface area (Å²) in [5.74, 6) is -1.45. The van der Waals surface area contributed by atoms with E-state index in [1.165, 1.54) is 24.3 Å². The monoisotopic (exact) mass is 375 g/mol. The molecule has 144 valence electrons. The highest BCUT2D eigenvalue weighted by atomic mass is 19.1. The number of hydrogen-bond donors (Lipinski definition) is 4. The van der Waals surface area contributed by atoms with Crippen LogP contribution in [0, 0.1) is 17.6 Å². The van der Waals surface area contributed by atoms with Gasteiger partial charge in [0.05, 0.1) is 5.56 Å². The molecule has 1 saturated carbocycles. The van der Waals surface area contributed by atoms with Crippen molar-refractivity contribution in [1.82, 2.24) is 4.98 Å². The molecule has 2 aromatic rings. The highest BCUT2D eigenvalue weighted by Crippen LogP contribution is 2.33. The van der Waals surface area contributed by atoms with Gasteiger partial charge in [0.1, 0.15) is 11.6 Å². The summed E-state index contributed by atoms with van der Waals surface area (Å²) in [6, 6.07) is 6.21. The molecule has 3 rings (SSSR count). The van der Waals surface area contributed by atoms with Crippen molar-refractivity contribution in [1.29, 1.82) is 0 Å². The van der Waals surface area contributed by atoms with Gasteiger partial charge in [0, 0.05) is 17.8 Å². The van der Waals surface area contributed by atoms with Gasteiger partial charge in [-0.2, -0.15) is 0 Å². The Morgan fingerprint density at radius 2 is 1.89 bits per heavy atom. The lowest BCUT2D eigenvalue weighted by molar-refractivity contribution is 0.100. The first-order chi connectivity index (χ1) is 12.8. The molecule has 1 heterocycles. The third-order valence-corrected chi connectivity index (χ3v) is 4.88. The van der Waals surface area contributed by atoms with Crippen molar-refractivity contribution in [2.75, 3.05) is 10.6 Å². The maximum absolute atomic E-state index is 14.5. The zero-order valence-electron chi connectivity index (χ0n) is 15.0. The zero-order chi connectivity index (χ0) is 19.6. The van der Waals surface area contributed by atoms with E-state index < -0.39 is 17.5 Å². The second-order valence-corrected chi connectivity index (χ2v) is 6.93. The molecule has 0 unspecified atom stereocenters. The van der Waals surface area contributed by atoms with Crippen LogP contribution in [0.1, 0.15) is 36.5 Å². The van der Waals surface area contributed by atoms with Crippen LogP contribution < -0.4 is 22.1 Å². The molecule has 0 spiro atoms. The van der Waals surface area contributed by atoms with E-state index in [0.29, 0.717) is 11.6 Å². The zero-order valence-corrected chi connectivity index (χ0v) is 15.0. The molecular weight excluding hydrogens is 352 g/mol. The number of pyridine rings is 1. The van der Waals surface area contributed by atoms with Crippen LogP contribution in [0.3, 0.4) is 0 Å². The van der Waals surface area contributed by atoms with Crippen molar-refractivity contribution in [2.45, 2.75) is 38.3 Å². The highest BCUT2D eigenvalue weighted by molar-refractivity contribution is 5.98. The van der Waals surface area contributed by atoms with Gasteiger partial charge in [-0.15, -0.1) is 0 Å². The lowest BCUT2D eigenvalue weighted by atomic mass is 9.77. The van der Waals surface area contributed by atoms with Crippen LogP contribution >= 0.6 is 0 Å². The smallest absolute Gasteiger partial charge is 0.252 e. The lowest BCUT2D eigenvalue weighted by Crippen LogP contribution is -2.46. The first-order valence-corrected chi connectivity index (χ1v) is 8.90. The van der Waals surface area contributed by atoms with Gasteiger partial charge in [-0.1, -0.05) is 6.42 Å². The van der Waals surface area contributed by atoms with E-state index in [2.05, 4.69) is 15.6 Å². The van der Waals surface area contributed by atoms with Crippen LogP contribution in [0.25, 0.3) is 0 Å². The number of anilines is 3. The van der Waals surface area contributed by atoms with Gasteiger partial charge in [0.25, 0.3) is 5.91 Å². The molecule has 1 fully saturated rings. The van der Waals surface area contributed by atoms with Crippen LogP contribution in [0.2, 0.25) is 0 Å². The minimum absolute atomic E-state index is 0.00110. The van der Waals surface area contributed by atoms with Gasteiger partial charge >= 0.3 is 0 Å². The highest BCUT2D eigenvalue weighted by Gasteiger charge is 2.31. The molecule has 0 bridgehead atoms. The van der Waals surface area contributed by atoms with Crippen molar-refractivity contribution in [2.24, 2.45) is 17.4 Å². The topological polar surface area (TPSA) is 106 Å². The number of amides is 1. The van der Waals surface area contributed by atoms with Crippen molar-refractivity contribution < 1.29 is 13.6 Å². The Bertz CT molecular complexity index is 822. The molecule has 0 saturated heterocycles. The summed E-state index contributed by atoms with van der Waals surface area (Å²) in [5, 5.41) is 5.98. The molecule has 1 aromatic heterocycles. The molecule has 8 heteroatoms. The van der Waals surface area contributed by atoms with Gasteiger partial charge in [0.15, 0.2) is 11.6 Å². The van der Waals surface area contributed by atoms with E-state index in [9.17, 15) is 13.6 Å². The molecule has 1 aliphatic rings. The molecule has 6 nitrogen and oxygen atoms in total.